The summed E-state index contributed by atoms with van der Waals surface area (Å²) in [5.41, 5.74) is 0.726. The zero-order valence-corrected chi connectivity index (χ0v) is 15.1. The maximum atomic E-state index is 11.3. The van der Waals surface area contributed by atoms with Gasteiger partial charge in [0, 0.05) is 38.1 Å². The topological polar surface area (TPSA) is 91.6 Å². The number of aromatic nitrogens is 1. The SMILES string of the molecule is NS(=O)(=O)c1ccc(NC(=S)N2CCN(c3ccccn3)CC2)cc1. The van der Waals surface area contributed by atoms with Crippen molar-refractivity contribution in [3.8, 4) is 0 Å². The number of hydrogen-bond donors (Lipinski definition) is 2. The number of sulfonamides is 1. The molecular weight excluding hydrogens is 358 g/mol. The van der Waals surface area contributed by atoms with Gasteiger partial charge in [-0.15, -0.1) is 0 Å². The van der Waals surface area contributed by atoms with E-state index in [-0.39, 0.29) is 4.90 Å². The average Bonchev–Trinajstić information content (AvgIpc) is 2.62. The first-order chi connectivity index (χ1) is 11.9. The summed E-state index contributed by atoms with van der Waals surface area (Å²) in [5, 5.41) is 8.84. The van der Waals surface area contributed by atoms with Gasteiger partial charge in [-0.25, -0.2) is 18.5 Å². The zero-order chi connectivity index (χ0) is 17.9. The lowest BCUT2D eigenvalue weighted by molar-refractivity contribution is 0.389. The predicted molar refractivity (Wildman–Crippen MR) is 102 cm³/mol. The van der Waals surface area contributed by atoms with Crippen LogP contribution in [0.3, 0.4) is 0 Å². The summed E-state index contributed by atoms with van der Waals surface area (Å²) in [5.74, 6) is 0.972. The summed E-state index contributed by atoms with van der Waals surface area (Å²) < 4.78 is 22.6. The molecule has 0 unspecified atom stereocenters. The molecule has 7 nitrogen and oxygen atoms in total. The molecule has 1 saturated heterocycles. The molecule has 0 amide bonds. The number of rotatable bonds is 3. The van der Waals surface area contributed by atoms with Crippen molar-refractivity contribution in [2.24, 2.45) is 5.14 Å². The molecule has 0 spiro atoms. The molecule has 132 valence electrons. The molecule has 1 aromatic carbocycles. The van der Waals surface area contributed by atoms with Crippen LogP contribution in [0.15, 0.2) is 53.6 Å². The maximum absolute atomic E-state index is 11.3. The van der Waals surface area contributed by atoms with Gasteiger partial charge in [-0.3, -0.25) is 0 Å². The van der Waals surface area contributed by atoms with Crippen molar-refractivity contribution >= 4 is 38.9 Å². The quantitative estimate of drug-likeness (QED) is 0.778. The van der Waals surface area contributed by atoms with Crippen LogP contribution < -0.4 is 15.4 Å². The lowest BCUT2D eigenvalue weighted by Gasteiger charge is -2.36. The number of thiocarbonyl (C=S) groups is 1. The molecular formula is C16H19N5O2S2. The number of piperazine rings is 1. The van der Waals surface area contributed by atoms with Crippen LogP contribution in [0.25, 0.3) is 0 Å². The number of pyridine rings is 1. The maximum Gasteiger partial charge on any atom is 0.238 e. The normalized spacial score (nSPS) is 15.1. The number of hydrogen-bond acceptors (Lipinski definition) is 5. The molecule has 25 heavy (non-hydrogen) atoms. The highest BCUT2D eigenvalue weighted by molar-refractivity contribution is 7.89. The Hall–Kier alpha value is -2.23. The van der Waals surface area contributed by atoms with Crippen LogP contribution in [0.5, 0.6) is 0 Å². The second-order valence-electron chi connectivity index (χ2n) is 5.66. The Morgan fingerprint density at radius 2 is 1.76 bits per heavy atom. The lowest BCUT2D eigenvalue weighted by Crippen LogP contribution is -2.50. The van der Waals surface area contributed by atoms with E-state index in [4.69, 9.17) is 17.4 Å². The van der Waals surface area contributed by atoms with Crippen LogP contribution in [0.4, 0.5) is 11.5 Å². The molecule has 0 saturated carbocycles. The van der Waals surface area contributed by atoms with Crippen LogP contribution in [-0.2, 0) is 10.0 Å². The van der Waals surface area contributed by atoms with Gasteiger partial charge >= 0.3 is 0 Å². The molecule has 1 aromatic heterocycles. The molecule has 2 aromatic rings. The molecule has 1 fully saturated rings. The number of benzene rings is 1. The van der Waals surface area contributed by atoms with Gasteiger partial charge in [0.25, 0.3) is 0 Å². The van der Waals surface area contributed by atoms with Crippen molar-refractivity contribution in [3.05, 3.63) is 48.7 Å². The Bertz CT molecular complexity index is 833. The third-order valence-corrected chi connectivity index (χ3v) is 5.26. The number of nitrogens with zero attached hydrogens (tertiary/aromatic N) is 3. The second-order valence-corrected chi connectivity index (χ2v) is 7.61. The Balaban J connectivity index is 1.56. The molecule has 2 heterocycles. The summed E-state index contributed by atoms with van der Waals surface area (Å²) in [4.78, 5) is 8.75. The van der Waals surface area contributed by atoms with E-state index in [1.165, 1.54) is 12.1 Å². The number of nitrogens with one attached hydrogen (secondary N) is 1. The van der Waals surface area contributed by atoms with Crippen LogP contribution in [0.1, 0.15) is 0 Å². The van der Waals surface area contributed by atoms with Crippen molar-refractivity contribution in [1.29, 1.82) is 0 Å². The second kappa shape index (κ2) is 7.34. The van der Waals surface area contributed by atoms with E-state index in [0.29, 0.717) is 5.11 Å². The molecule has 1 aliphatic heterocycles. The van der Waals surface area contributed by atoms with E-state index in [1.807, 2.05) is 18.2 Å². The molecule has 0 atom stereocenters. The van der Waals surface area contributed by atoms with Gasteiger partial charge in [-0.1, -0.05) is 6.07 Å². The third-order valence-electron chi connectivity index (χ3n) is 3.97. The highest BCUT2D eigenvalue weighted by Gasteiger charge is 2.19. The fourth-order valence-electron chi connectivity index (χ4n) is 2.61. The van der Waals surface area contributed by atoms with Crippen molar-refractivity contribution in [2.75, 3.05) is 36.4 Å². The number of anilines is 2. The van der Waals surface area contributed by atoms with E-state index in [2.05, 4.69) is 20.1 Å². The fraction of sp³-hybridized carbons (Fsp3) is 0.250. The van der Waals surface area contributed by atoms with Gasteiger partial charge in [0.05, 0.1) is 4.90 Å². The minimum atomic E-state index is -3.68. The third kappa shape index (κ3) is 4.44. The lowest BCUT2D eigenvalue weighted by atomic mass is 10.3. The molecule has 3 rings (SSSR count). The average molecular weight is 377 g/mol. The van der Waals surface area contributed by atoms with Gasteiger partial charge in [0.15, 0.2) is 5.11 Å². The number of primary sulfonamides is 1. The standard InChI is InChI=1S/C16H19N5O2S2/c17-25(22,23)14-6-4-13(5-7-14)19-16(24)21-11-9-20(10-12-21)15-3-1-2-8-18-15/h1-8H,9-12H2,(H,19,24)(H2,17,22,23). The first kappa shape index (κ1) is 17.6. The molecule has 0 bridgehead atoms. The smallest absolute Gasteiger partial charge is 0.238 e. The summed E-state index contributed by atoms with van der Waals surface area (Å²) in [6.07, 6.45) is 1.79. The summed E-state index contributed by atoms with van der Waals surface area (Å²) in [6, 6.07) is 12.1. The molecule has 3 N–H and O–H groups in total. The molecule has 0 aliphatic carbocycles. The van der Waals surface area contributed by atoms with E-state index < -0.39 is 10.0 Å². The van der Waals surface area contributed by atoms with E-state index in [1.54, 1.807) is 18.3 Å². The van der Waals surface area contributed by atoms with Crippen molar-refractivity contribution in [1.82, 2.24) is 9.88 Å². The van der Waals surface area contributed by atoms with Crippen LogP contribution >= 0.6 is 12.2 Å². The van der Waals surface area contributed by atoms with Gasteiger partial charge in [-0.2, -0.15) is 0 Å². The predicted octanol–water partition coefficient (Wildman–Crippen LogP) is 1.25. The molecule has 0 radical (unpaired) electrons. The fourth-order valence-corrected chi connectivity index (χ4v) is 3.43. The first-order valence-corrected chi connectivity index (χ1v) is 9.74. The van der Waals surface area contributed by atoms with Crippen LogP contribution in [-0.4, -0.2) is 49.6 Å². The highest BCUT2D eigenvalue weighted by atomic mass is 32.2. The van der Waals surface area contributed by atoms with E-state index in [0.717, 1.165) is 37.7 Å². The summed E-state index contributed by atoms with van der Waals surface area (Å²) >= 11 is 5.46. The largest absolute Gasteiger partial charge is 0.353 e. The van der Waals surface area contributed by atoms with E-state index in [9.17, 15) is 8.42 Å². The Morgan fingerprint density at radius 1 is 1.08 bits per heavy atom. The van der Waals surface area contributed by atoms with Crippen molar-refractivity contribution in [2.45, 2.75) is 4.90 Å². The number of nitrogens with two attached hydrogens (primary N) is 1. The summed E-state index contributed by atoms with van der Waals surface area (Å²) in [6.45, 7) is 3.25. The Labute approximate surface area is 152 Å². The zero-order valence-electron chi connectivity index (χ0n) is 13.5. The van der Waals surface area contributed by atoms with Crippen LogP contribution in [0.2, 0.25) is 0 Å². The van der Waals surface area contributed by atoms with Gasteiger partial charge in [-0.05, 0) is 48.6 Å². The first-order valence-electron chi connectivity index (χ1n) is 7.78. The minimum Gasteiger partial charge on any atom is -0.353 e. The van der Waals surface area contributed by atoms with Crippen molar-refractivity contribution in [3.63, 3.8) is 0 Å². The highest BCUT2D eigenvalue weighted by Crippen LogP contribution is 2.16. The van der Waals surface area contributed by atoms with Gasteiger partial charge in [0.1, 0.15) is 5.82 Å². The van der Waals surface area contributed by atoms with Crippen molar-refractivity contribution < 1.29 is 8.42 Å². The Kier molecular flexibility index (Phi) is 5.16. The molecule has 1 aliphatic rings. The molecule has 9 heteroatoms. The van der Waals surface area contributed by atoms with Gasteiger partial charge < -0.3 is 15.1 Å². The summed E-state index contributed by atoms with van der Waals surface area (Å²) in [7, 11) is -3.68. The van der Waals surface area contributed by atoms with E-state index >= 15 is 0 Å². The Morgan fingerprint density at radius 3 is 2.32 bits per heavy atom. The van der Waals surface area contributed by atoms with Gasteiger partial charge in [0.2, 0.25) is 10.0 Å². The monoisotopic (exact) mass is 377 g/mol. The van der Waals surface area contributed by atoms with Crippen LogP contribution in [0, 0.1) is 0 Å². The minimum absolute atomic E-state index is 0.0768.